The lowest BCUT2D eigenvalue weighted by Gasteiger charge is -2.31. The van der Waals surface area contributed by atoms with E-state index in [1.165, 1.54) is 4.31 Å². The first kappa shape index (κ1) is 30.5. The first-order valence-corrected chi connectivity index (χ1v) is 16.0. The average Bonchev–Trinajstić information content (AvgIpc) is 3.53. The lowest BCUT2D eigenvalue weighted by Crippen LogP contribution is -2.39. The molecule has 0 atom stereocenters. The average molecular weight is 605 g/mol. The van der Waals surface area contributed by atoms with Crippen molar-refractivity contribution in [2.45, 2.75) is 71.1 Å². The number of nitrogens with zero attached hydrogens (tertiary/aromatic N) is 4. The summed E-state index contributed by atoms with van der Waals surface area (Å²) < 4.78 is 34.6. The normalized spacial score (nSPS) is 15.0. The molecular formula is C32H40N6O4S. The number of amides is 2. The van der Waals surface area contributed by atoms with Crippen molar-refractivity contribution in [1.29, 1.82) is 0 Å². The van der Waals surface area contributed by atoms with Crippen molar-refractivity contribution in [2.75, 3.05) is 23.7 Å². The first-order valence-electron chi connectivity index (χ1n) is 14.6. The molecule has 10 nitrogen and oxygen atoms in total. The van der Waals surface area contributed by atoms with Gasteiger partial charge in [-0.2, -0.15) is 9.40 Å². The number of hydrogen-bond donors (Lipinski definition) is 2. The summed E-state index contributed by atoms with van der Waals surface area (Å²) in [7, 11) is -3.62. The molecule has 228 valence electrons. The fraction of sp³-hybridized carbons (Fsp3) is 0.406. The highest BCUT2D eigenvalue weighted by Gasteiger charge is 2.33. The minimum absolute atomic E-state index is 0.182. The Bertz CT molecular complexity index is 1670. The Balaban J connectivity index is 1.18. The van der Waals surface area contributed by atoms with Gasteiger partial charge in [-0.3, -0.25) is 5.32 Å². The number of nitrogens with one attached hydrogen (secondary N) is 2. The maximum absolute atomic E-state index is 13.1. The third-order valence-corrected chi connectivity index (χ3v) is 10.0. The molecule has 1 aliphatic rings. The van der Waals surface area contributed by atoms with Gasteiger partial charge in [-0.15, -0.1) is 0 Å². The number of sulfonamides is 1. The van der Waals surface area contributed by atoms with Gasteiger partial charge in [0, 0.05) is 30.3 Å². The minimum Gasteiger partial charge on any atom is -0.360 e. The van der Waals surface area contributed by atoms with E-state index in [9.17, 15) is 13.2 Å². The number of aryl methyl sites for hydroxylation is 3. The largest absolute Gasteiger partial charge is 0.360 e. The van der Waals surface area contributed by atoms with Gasteiger partial charge in [0.1, 0.15) is 16.4 Å². The van der Waals surface area contributed by atoms with Gasteiger partial charge < -0.3 is 9.84 Å². The highest BCUT2D eigenvalue weighted by atomic mass is 32.2. The van der Waals surface area contributed by atoms with E-state index < -0.39 is 10.0 Å². The highest BCUT2D eigenvalue weighted by molar-refractivity contribution is 7.89. The molecular weight excluding hydrogens is 564 g/mol. The van der Waals surface area contributed by atoms with E-state index >= 15 is 0 Å². The minimum atomic E-state index is -3.62. The quantitative estimate of drug-likeness (QED) is 0.253. The summed E-state index contributed by atoms with van der Waals surface area (Å²) in [6, 6.07) is 17.4. The summed E-state index contributed by atoms with van der Waals surface area (Å²) in [5.74, 6) is 1.29. The molecule has 1 saturated heterocycles. The molecule has 5 rings (SSSR count). The van der Waals surface area contributed by atoms with E-state index in [4.69, 9.17) is 9.62 Å². The van der Waals surface area contributed by atoms with E-state index in [0.29, 0.717) is 42.0 Å². The summed E-state index contributed by atoms with van der Waals surface area (Å²) in [5, 5.41) is 14.5. The Morgan fingerprint density at radius 1 is 0.977 bits per heavy atom. The molecule has 43 heavy (non-hydrogen) atoms. The molecule has 2 N–H and O–H groups in total. The van der Waals surface area contributed by atoms with Crippen LogP contribution in [0.15, 0.2) is 64.0 Å². The zero-order valence-electron chi connectivity index (χ0n) is 25.6. The van der Waals surface area contributed by atoms with E-state index in [-0.39, 0.29) is 16.3 Å². The molecule has 0 aliphatic carbocycles. The third-order valence-electron chi connectivity index (χ3n) is 7.87. The van der Waals surface area contributed by atoms with E-state index in [1.807, 2.05) is 61.5 Å². The molecule has 1 fully saturated rings. The van der Waals surface area contributed by atoms with Crippen LogP contribution < -0.4 is 10.6 Å². The zero-order chi connectivity index (χ0) is 30.9. The van der Waals surface area contributed by atoms with E-state index in [2.05, 4.69) is 36.6 Å². The lowest BCUT2D eigenvalue weighted by molar-refractivity contribution is 0.262. The molecule has 0 spiro atoms. The molecule has 2 aromatic carbocycles. The second kappa shape index (κ2) is 12.0. The van der Waals surface area contributed by atoms with Gasteiger partial charge in [-0.1, -0.05) is 55.8 Å². The Labute approximate surface area is 253 Å². The molecule has 2 aromatic heterocycles. The molecule has 0 bridgehead atoms. The van der Waals surface area contributed by atoms with Crippen molar-refractivity contribution in [3.63, 3.8) is 0 Å². The van der Waals surface area contributed by atoms with Crippen LogP contribution in [0, 0.1) is 26.7 Å². The fourth-order valence-electron chi connectivity index (χ4n) is 5.38. The van der Waals surface area contributed by atoms with E-state index in [0.717, 1.165) is 41.8 Å². The van der Waals surface area contributed by atoms with Gasteiger partial charge >= 0.3 is 6.03 Å². The number of aromatic nitrogens is 3. The Morgan fingerprint density at radius 2 is 1.63 bits per heavy atom. The Morgan fingerprint density at radius 3 is 2.21 bits per heavy atom. The SMILES string of the molecule is Cc1ccc(-n2nc(C(C)(C)C)cc2NC(=O)Nc2ccc(CC3CCN(S(=O)(=O)c4c(C)noc4C)CC3)cc2)cc1. The molecule has 0 saturated carbocycles. The smallest absolute Gasteiger partial charge is 0.324 e. The Kier molecular flexibility index (Phi) is 8.49. The van der Waals surface area contributed by atoms with Crippen LogP contribution in [-0.4, -0.2) is 46.8 Å². The van der Waals surface area contributed by atoms with Crippen molar-refractivity contribution in [1.82, 2.24) is 19.2 Å². The number of anilines is 2. The van der Waals surface area contributed by atoms with Crippen LogP contribution in [0.5, 0.6) is 0 Å². The second-order valence-corrected chi connectivity index (χ2v) is 14.3. The van der Waals surface area contributed by atoms with Gasteiger partial charge in [-0.25, -0.2) is 17.9 Å². The number of rotatable bonds is 7. The van der Waals surface area contributed by atoms with Crippen molar-refractivity contribution >= 4 is 27.6 Å². The van der Waals surface area contributed by atoms with Crippen molar-refractivity contribution < 1.29 is 17.7 Å². The van der Waals surface area contributed by atoms with Crippen LogP contribution in [0.25, 0.3) is 5.69 Å². The molecule has 3 heterocycles. The molecule has 0 radical (unpaired) electrons. The van der Waals surface area contributed by atoms with Gasteiger partial charge in [0.25, 0.3) is 0 Å². The summed E-state index contributed by atoms with van der Waals surface area (Å²) in [6.07, 6.45) is 2.39. The summed E-state index contributed by atoms with van der Waals surface area (Å²) in [6.45, 7) is 12.5. The Hall–Kier alpha value is -3.96. The number of piperidine rings is 1. The number of hydrogen-bond acceptors (Lipinski definition) is 6. The van der Waals surface area contributed by atoms with Crippen LogP contribution in [0.4, 0.5) is 16.3 Å². The van der Waals surface area contributed by atoms with Crippen molar-refractivity contribution in [3.8, 4) is 5.69 Å². The maximum atomic E-state index is 13.1. The molecule has 4 aromatic rings. The summed E-state index contributed by atoms with van der Waals surface area (Å²) >= 11 is 0. The maximum Gasteiger partial charge on any atom is 0.324 e. The lowest BCUT2D eigenvalue weighted by atomic mass is 9.91. The van der Waals surface area contributed by atoms with Gasteiger partial charge in [-0.05, 0) is 75.8 Å². The summed E-state index contributed by atoms with van der Waals surface area (Å²) in [4.78, 5) is 13.2. The van der Waals surface area contributed by atoms with Gasteiger partial charge in [0.2, 0.25) is 10.0 Å². The second-order valence-electron chi connectivity index (χ2n) is 12.4. The number of urea groups is 1. The summed E-state index contributed by atoms with van der Waals surface area (Å²) in [5.41, 5.74) is 4.93. The molecule has 11 heteroatoms. The molecule has 1 aliphatic heterocycles. The topological polar surface area (TPSA) is 122 Å². The van der Waals surface area contributed by atoms with Crippen LogP contribution in [0.1, 0.15) is 61.9 Å². The molecule has 2 amide bonds. The molecule has 0 unspecified atom stereocenters. The number of benzene rings is 2. The monoisotopic (exact) mass is 604 g/mol. The first-order chi connectivity index (χ1) is 20.3. The van der Waals surface area contributed by atoms with Crippen LogP contribution in [0.3, 0.4) is 0 Å². The van der Waals surface area contributed by atoms with Crippen molar-refractivity contribution in [3.05, 3.63) is 82.9 Å². The number of carbonyl (C=O) groups excluding carboxylic acids is 1. The third kappa shape index (κ3) is 6.83. The van der Waals surface area contributed by atoms with Crippen LogP contribution in [-0.2, 0) is 21.9 Å². The fourth-order valence-corrected chi connectivity index (χ4v) is 7.14. The predicted molar refractivity (Wildman–Crippen MR) is 167 cm³/mol. The highest BCUT2D eigenvalue weighted by Crippen LogP contribution is 2.30. The van der Waals surface area contributed by atoms with Crippen LogP contribution in [0.2, 0.25) is 0 Å². The zero-order valence-corrected chi connectivity index (χ0v) is 26.5. The van der Waals surface area contributed by atoms with Crippen LogP contribution >= 0.6 is 0 Å². The standard InChI is InChI=1S/C32H40N6O4S/c1-21-7-13-27(14-8-21)38-29(20-28(35-38)32(4,5)6)34-31(39)33-26-11-9-24(10-12-26)19-25-15-17-37(18-16-25)43(40,41)30-22(2)36-42-23(30)3/h7-14,20,25H,15-19H2,1-6H3,(H2,33,34,39). The number of carbonyl (C=O) groups is 1. The van der Waals surface area contributed by atoms with E-state index in [1.54, 1.807) is 18.5 Å². The predicted octanol–water partition coefficient (Wildman–Crippen LogP) is 6.37. The van der Waals surface area contributed by atoms with Gasteiger partial charge in [0.05, 0.1) is 11.4 Å². The van der Waals surface area contributed by atoms with Gasteiger partial charge in [0.15, 0.2) is 5.76 Å². The van der Waals surface area contributed by atoms with Crippen molar-refractivity contribution in [2.24, 2.45) is 5.92 Å².